The second-order valence-corrected chi connectivity index (χ2v) is 8.29. The molecule has 0 aliphatic rings. The molecule has 22 heavy (non-hydrogen) atoms. The van der Waals surface area contributed by atoms with Gasteiger partial charge in [-0.25, -0.2) is 4.98 Å². The molecule has 2 atom stereocenters. The highest BCUT2D eigenvalue weighted by Gasteiger charge is 2.08. The van der Waals surface area contributed by atoms with E-state index in [0.717, 1.165) is 29.8 Å². The van der Waals surface area contributed by atoms with Gasteiger partial charge in [-0.05, 0) is 31.4 Å². The van der Waals surface area contributed by atoms with Crippen LogP contribution >= 0.6 is 11.3 Å². The first-order chi connectivity index (χ1) is 10.6. The average molecular weight is 338 g/mol. The number of hydrogen-bond donors (Lipinski definition) is 1. The van der Waals surface area contributed by atoms with E-state index >= 15 is 0 Å². The molecule has 2 rings (SSSR count). The molecule has 0 saturated heterocycles. The molecule has 1 aromatic carbocycles. The maximum Gasteiger partial charge on any atom is 0.220 e. The zero-order valence-corrected chi connectivity index (χ0v) is 14.6. The van der Waals surface area contributed by atoms with Crippen LogP contribution in [0.5, 0.6) is 0 Å². The summed E-state index contributed by atoms with van der Waals surface area (Å²) in [4.78, 5) is 16.3. The first kappa shape index (κ1) is 17.1. The van der Waals surface area contributed by atoms with E-state index in [2.05, 4.69) is 16.4 Å². The molecule has 6 heteroatoms. The Balaban J connectivity index is 1.67. The molecule has 0 fully saturated rings. The van der Waals surface area contributed by atoms with Crippen LogP contribution in [0.2, 0.25) is 0 Å². The van der Waals surface area contributed by atoms with E-state index in [1.165, 1.54) is 4.70 Å². The van der Waals surface area contributed by atoms with Gasteiger partial charge in [-0.1, -0.05) is 19.1 Å². The summed E-state index contributed by atoms with van der Waals surface area (Å²) in [6, 6.07) is 8.09. The van der Waals surface area contributed by atoms with Gasteiger partial charge in [0.25, 0.3) is 0 Å². The molecule has 1 heterocycles. The number of fused-ring (bicyclic) bond motifs is 1. The highest BCUT2D eigenvalue weighted by Crippen LogP contribution is 2.22. The van der Waals surface area contributed by atoms with Gasteiger partial charge in [0.15, 0.2) is 0 Å². The number of benzene rings is 1. The molecule has 1 aromatic heterocycles. The van der Waals surface area contributed by atoms with Crippen molar-refractivity contribution in [2.75, 3.05) is 12.8 Å². The lowest BCUT2D eigenvalue weighted by atomic mass is 10.2. The van der Waals surface area contributed by atoms with Gasteiger partial charge in [-0.2, -0.15) is 0 Å². The van der Waals surface area contributed by atoms with Crippen LogP contribution in [0, 0.1) is 0 Å². The van der Waals surface area contributed by atoms with Gasteiger partial charge in [0.05, 0.1) is 15.2 Å². The Labute approximate surface area is 137 Å². The summed E-state index contributed by atoms with van der Waals surface area (Å²) in [6.07, 6.45) is 4.61. The molecule has 0 aliphatic heterocycles. The van der Waals surface area contributed by atoms with Gasteiger partial charge in [-0.3, -0.25) is 9.00 Å². The molecule has 2 aromatic rings. The van der Waals surface area contributed by atoms with Crippen LogP contribution in [0.15, 0.2) is 24.3 Å². The zero-order chi connectivity index (χ0) is 15.9. The predicted molar refractivity (Wildman–Crippen MR) is 93.7 cm³/mol. The van der Waals surface area contributed by atoms with Gasteiger partial charge in [-0.15, -0.1) is 11.3 Å². The summed E-state index contributed by atoms with van der Waals surface area (Å²) in [5.41, 5.74) is 1.04. The number of hydrogen-bond acceptors (Lipinski definition) is 4. The smallest absolute Gasteiger partial charge is 0.220 e. The maximum atomic E-state index is 11.8. The van der Waals surface area contributed by atoms with E-state index in [4.69, 9.17) is 0 Å². The number of carbonyl (C=O) groups is 1. The molecule has 1 N–H and O–H groups in total. The Morgan fingerprint density at radius 3 is 2.91 bits per heavy atom. The molecule has 0 radical (unpaired) electrons. The van der Waals surface area contributed by atoms with Crippen LogP contribution in [0.25, 0.3) is 10.2 Å². The van der Waals surface area contributed by atoms with Crippen molar-refractivity contribution in [1.29, 1.82) is 0 Å². The average Bonchev–Trinajstić information content (AvgIpc) is 2.89. The van der Waals surface area contributed by atoms with Crippen LogP contribution in [0.1, 0.15) is 31.2 Å². The fourth-order valence-corrected chi connectivity index (χ4v) is 3.56. The van der Waals surface area contributed by atoms with Crippen molar-refractivity contribution in [2.45, 2.75) is 37.9 Å². The number of rotatable bonds is 8. The first-order valence-electron chi connectivity index (χ1n) is 7.49. The summed E-state index contributed by atoms with van der Waals surface area (Å²) < 4.78 is 12.4. The summed E-state index contributed by atoms with van der Waals surface area (Å²) in [5, 5.41) is 4.11. The molecule has 1 amide bonds. The standard InChI is InChI=1S/C16H22N2O2S2/c1-12(22(2)20)10-11-17-15(19)8-5-9-16-18-13-6-3-4-7-14(13)21-16/h3-4,6-7,12H,5,8-11H2,1-2H3,(H,17,19)/t12-,22-/m1/s1. The number of aryl methyl sites for hydroxylation is 1. The quantitative estimate of drug-likeness (QED) is 0.805. The van der Waals surface area contributed by atoms with E-state index < -0.39 is 10.8 Å². The Bertz CT molecular complexity index is 621. The Morgan fingerprint density at radius 2 is 2.18 bits per heavy atom. The van der Waals surface area contributed by atoms with Gasteiger partial charge in [0.2, 0.25) is 5.91 Å². The van der Waals surface area contributed by atoms with Crippen molar-refractivity contribution in [3.05, 3.63) is 29.3 Å². The van der Waals surface area contributed by atoms with Crippen LogP contribution in [0.4, 0.5) is 0 Å². The Kier molecular flexibility index (Phi) is 6.51. The number of carbonyl (C=O) groups excluding carboxylic acids is 1. The fraction of sp³-hybridized carbons (Fsp3) is 0.500. The van der Waals surface area contributed by atoms with Crippen molar-refractivity contribution in [1.82, 2.24) is 10.3 Å². The lowest BCUT2D eigenvalue weighted by Crippen LogP contribution is -2.27. The van der Waals surface area contributed by atoms with Gasteiger partial charge in [0.1, 0.15) is 0 Å². The Hall–Kier alpha value is -1.27. The number of aromatic nitrogens is 1. The van der Waals surface area contributed by atoms with Crippen LogP contribution in [-0.2, 0) is 22.0 Å². The minimum atomic E-state index is -0.821. The van der Waals surface area contributed by atoms with E-state index in [-0.39, 0.29) is 11.2 Å². The molecule has 0 unspecified atom stereocenters. The van der Waals surface area contributed by atoms with Crippen molar-refractivity contribution in [3.63, 3.8) is 0 Å². The molecule has 120 valence electrons. The van der Waals surface area contributed by atoms with Crippen molar-refractivity contribution in [3.8, 4) is 0 Å². The second-order valence-electron chi connectivity index (χ2n) is 5.38. The monoisotopic (exact) mass is 338 g/mol. The lowest BCUT2D eigenvalue weighted by molar-refractivity contribution is -0.121. The molecular weight excluding hydrogens is 316 g/mol. The van der Waals surface area contributed by atoms with Crippen molar-refractivity contribution < 1.29 is 9.00 Å². The largest absolute Gasteiger partial charge is 0.356 e. The highest BCUT2D eigenvalue weighted by atomic mass is 32.2. The molecule has 0 spiro atoms. The lowest BCUT2D eigenvalue weighted by Gasteiger charge is -2.09. The zero-order valence-electron chi connectivity index (χ0n) is 13.0. The molecule has 4 nitrogen and oxygen atoms in total. The molecule has 0 saturated carbocycles. The Morgan fingerprint density at radius 1 is 1.41 bits per heavy atom. The SMILES string of the molecule is C[C@H](CCNC(=O)CCCc1nc2ccccc2s1)[S@@](C)=O. The predicted octanol–water partition coefficient (Wildman–Crippen LogP) is 2.89. The highest BCUT2D eigenvalue weighted by molar-refractivity contribution is 7.84. The van der Waals surface area contributed by atoms with Gasteiger partial charge < -0.3 is 5.32 Å². The first-order valence-corrected chi connectivity index (χ1v) is 9.93. The minimum Gasteiger partial charge on any atom is -0.356 e. The summed E-state index contributed by atoms with van der Waals surface area (Å²) in [6.45, 7) is 2.54. The normalized spacial score (nSPS) is 13.9. The van der Waals surface area contributed by atoms with Crippen molar-refractivity contribution >= 4 is 38.3 Å². The summed E-state index contributed by atoms with van der Waals surface area (Å²) in [7, 11) is -0.821. The number of amides is 1. The molecular formula is C16H22N2O2S2. The number of nitrogens with one attached hydrogen (secondary N) is 1. The topological polar surface area (TPSA) is 59.1 Å². The van der Waals surface area contributed by atoms with Crippen molar-refractivity contribution in [2.24, 2.45) is 0 Å². The van der Waals surface area contributed by atoms with E-state index in [1.54, 1.807) is 17.6 Å². The third kappa shape index (κ3) is 5.18. The van der Waals surface area contributed by atoms with Gasteiger partial charge >= 0.3 is 0 Å². The van der Waals surface area contributed by atoms with Crippen LogP contribution in [0.3, 0.4) is 0 Å². The van der Waals surface area contributed by atoms with E-state index in [0.29, 0.717) is 13.0 Å². The third-order valence-electron chi connectivity index (χ3n) is 3.57. The van der Waals surface area contributed by atoms with Crippen LogP contribution < -0.4 is 5.32 Å². The molecule has 0 bridgehead atoms. The number of para-hydroxylation sites is 1. The van der Waals surface area contributed by atoms with E-state index in [9.17, 15) is 9.00 Å². The third-order valence-corrected chi connectivity index (χ3v) is 6.04. The summed E-state index contributed by atoms with van der Waals surface area (Å²) >= 11 is 1.70. The van der Waals surface area contributed by atoms with Crippen LogP contribution in [-0.4, -0.2) is 33.2 Å². The fourth-order valence-electron chi connectivity index (χ4n) is 2.10. The van der Waals surface area contributed by atoms with E-state index in [1.807, 2.05) is 25.1 Å². The second kappa shape index (κ2) is 8.39. The maximum absolute atomic E-state index is 11.8. The minimum absolute atomic E-state index is 0.0650. The summed E-state index contributed by atoms with van der Waals surface area (Å²) in [5.74, 6) is 0.0650. The van der Waals surface area contributed by atoms with Gasteiger partial charge in [0, 0.05) is 35.3 Å². The number of nitrogens with zero attached hydrogens (tertiary/aromatic N) is 1. The number of thiazole rings is 1. The molecule has 0 aliphatic carbocycles.